The highest BCUT2D eigenvalue weighted by Crippen LogP contribution is 2.30. The SMILES string of the molecule is NC(=O)C(=O)C1(NC(=O)C2CC(=O)CN2C(=O)C(CC2CCCCC2)NC(=O)c2ccc3ccccc3c2)CCOCC1. The summed E-state index contributed by atoms with van der Waals surface area (Å²) in [4.78, 5) is 79.6. The first-order valence-electron chi connectivity index (χ1n) is 15.0. The molecule has 2 saturated heterocycles. The van der Waals surface area contributed by atoms with Gasteiger partial charge in [-0.25, -0.2) is 0 Å². The van der Waals surface area contributed by atoms with Crippen molar-refractivity contribution in [1.29, 1.82) is 0 Å². The smallest absolute Gasteiger partial charge is 0.287 e. The molecule has 2 aliphatic heterocycles. The van der Waals surface area contributed by atoms with Crippen LogP contribution in [-0.4, -0.2) is 77.5 Å². The molecule has 5 rings (SSSR count). The molecule has 0 aromatic heterocycles. The molecule has 4 N–H and O–H groups in total. The van der Waals surface area contributed by atoms with E-state index in [2.05, 4.69) is 10.6 Å². The normalized spacial score (nSPS) is 21.3. The lowest BCUT2D eigenvalue weighted by Gasteiger charge is -2.37. The Morgan fingerprint density at radius 3 is 2.37 bits per heavy atom. The average Bonchev–Trinajstić information content (AvgIpc) is 3.42. The van der Waals surface area contributed by atoms with Crippen LogP contribution in [0.4, 0.5) is 0 Å². The maximum Gasteiger partial charge on any atom is 0.287 e. The predicted molar refractivity (Wildman–Crippen MR) is 157 cm³/mol. The van der Waals surface area contributed by atoms with Gasteiger partial charge in [-0.2, -0.15) is 0 Å². The fourth-order valence-corrected chi connectivity index (χ4v) is 6.59. The van der Waals surface area contributed by atoms with Crippen molar-refractivity contribution in [2.45, 2.75) is 75.4 Å². The number of amides is 4. The Labute approximate surface area is 249 Å². The molecule has 3 aliphatic rings. The third-order valence-electron chi connectivity index (χ3n) is 9.01. The Morgan fingerprint density at radius 2 is 1.67 bits per heavy atom. The highest BCUT2D eigenvalue weighted by molar-refractivity contribution is 6.39. The quantitative estimate of drug-likeness (QED) is 0.375. The van der Waals surface area contributed by atoms with Crippen LogP contribution < -0.4 is 16.4 Å². The molecule has 2 aromatic carbocycles. The van der Waals surface area contributed by atoms with E-state index in [1.807, 2.05) is 30.3 Å². The van der Waals surface area contributed by atoms with E-state index in [1.54, 1.807) is 12.1 Å². The first kappa shape index (κ1) is 30.3. The summed E-state index contributed by atoms with van der Waals surface area (Å²) in [6.45, 7) is -0.0184. The Bertz CT molecular complexity index is 1430. The second kappa shape index (κ2) is 13.0. The molecule has 2 heterocycles. The fourth-order valence-electron chi connectivity index (χ4n) is 6.59. The van der Waals surface area contributed by atoms with Crippen LogP contribution in [-0.2, 0) is 28.7 Å². The highest BCUT2D eigenvalue weighted by atomic mass is 16.5. The zero-order valence-corrected chi connectivity index (χ0v) is 24.1. The van der Waals surface area contributed by atoms with E-state index in [4.69, 9.17) is 10.5 Å². The van der Waals surface area contributed by atoms with Crippen molar-refractivity contribution < 1.29 is 33.5 Å². The number of nitrogens with zero attached hydrogens (tertiary/aromatic N) is 1. The number of hydrogen-bond donors (Lipinski definition) is 3. The van der Waals surface area contributed by atoms with Crippen molar-refractivity contribution in [1.82, 2.24) is 15.5 Å². The molecule has 228 valence electrons. The van der Waals surface area contributed by atoms with Gasteiger partial charge in [0.1, 0.15) is 17.6 Å². The van der Waals surface area contributed by atoms with E-state index in [9.17, 15) is 28.8 Å². The summed E-state index contributed by atoms with van der Waals surface area (Å²) in [5.41, 5.74) is 4.13. The molecule has 0 bridgehead atoms. The summed E-state index contributed by atoms with van der Waals surface area (Å²) >= 11 is 0. The summed E-state index contributed by atoms with van der Waals surface area (Å²) in [6.07, 6.45) is 5.30. The van der Waals surface area contributed by atoms with Crippen molar-refractivity contribution in [3.05, 3.63) is 48.0 Å². The molecule has 0 spiro atoms. The van der Waals surface area contributed by atoms with Gasteiger partial charge in [0.2, 0.25) is 17.6 Å². The van der Waals surface area contributed by atoms with Gasteiger partial charge >= 0.3 is 0 Å². The Kier molecular flexibility index (Phi) is 9.19. The molecule has 4 amide bonds. The van der Waals surface area contributed by atoms with Crippen LogP contribution in [0.2, 0.25) is 0 Å². The summed E-state index contributed by atoms with van der Waals surface area (Å²) < 4.78 is 5.32. The molecule has 43 heavy (non-hydrogen) atoms. The van der Waals surface area contributed by atoms with Gasteiger partial charge in [0, 0.05) is 38.0 Å². The number of hydrogen-bond acceptors (Lipinski definition) is 7. The van der Waals surface area contributed by atoms with Gasteiger partial charge in [-0.05, 0) is 35.2 Å². The topological polar surface area (TPSA) is 165 Å². The molecular weight excluding hydrogens is 552 g/mol. The van der Waals surface area contributed by atoms with Gasteiger partial charge in [0.25, 0.3) is 11.8 Å². The number of ether oxygens (including phenoxy) is 1. The lowest BCUT2D eigenvalue weighted by molar-refractivity contribution is -0.147. The molecule has 0 radical (unpaired) electrons. The standard InChI is InChI=1S/C32H38N4O7/c33-28(39)27(38)32(12-14-43-15-13-32)35-30(41)26-18-24(37)19-36(26)31(42)25(16-20-6-2-1-3-7-20)34-29(40)23-11-10-21-8-4-5-9-22(21)17-23/h4-5,8-11,17,20,25-26H,1-3,6-7,12-16,18-19H2,(H2,33,39)(H,34,40)(H,35,41). The van der Waals surface area contributed by atoms with Crippen molar-refractivity contribution in [2.75, 3.05) is 19.8 Å². The molecule has 11 nitrogen and oxygen atoms in total. The van der Waals surface area contributed by atoms with E-state index in [-0.39, 0.29) is 50.7 Å². The molecule has 1 saturated carbocycles. The highest BCUT2D eigenvalue weighted by Gasteiger charge is 2.48. The molecule has 2 atom stereocenters. The van der Waals surface area contributed by atoms with Crippen LogP contribution in [0.15, 0.2) is 42.5 Å². The van der Waals surface area contributed by atoms with Crippen LogP contribution in [0, 0.1) is 5.92 Å². The number of fused-ring (bicyclic) bond motifs is 1. The number of ketones is 2. The summed E-state index contributed by atoms with van der Waals surface area (Å²) in [5, 5.41) is 7.45. The minimum atomic E-state index is -1.56. The van der Waals surface area contributed by atoms with Gasteiger partial charge in [-0.15, -0.1) is 0 Å². The van der Waals surface area contributed by atoms with Crippen LogP contribution >= 0.6 is 0 Å². The third kappa shape index (κ3) is 6.77. The Morgan fingerprint density at radius 1 is 0.977 bits per heavy atom. The van der Waals surface area contributed by atoms with E-state index >= 15 is 0 Å². The van der Waals surface area contributed by atoms with Crippen molar-refractivity contribution in [2.24, 2.45) is 11.7 Å². The van der Waals surface area contributed by atoms with Crippen molar-refractivity contribution in [3.63, 3.8) is 0 Å². The van der Waals surface area contributed by atoms with E-state index < -0.39 is 47.0 Å². The second-order valence-electron chi connectivity index (χ2n) is 11.9. The number of rotatable bonds is 9. The maximum absolute atomic E-state index is 14.1. The van der Waals surface area contributed by atoms with E-state index in [1.165, 1.54) is 4.90 Å². The number of Topliss-reactive ketones (excluding diaryl/α,β-unsaturated/α-hetero) is 2. The van der Waals surface area contributed by atoms with E-state index in [0.29, 0.717) is 12.0 Å². The number of carbonyl (C=O) groups is 6. The summed E-state index contributed by atoms with van der Waals surface area (Å²) in [7, 11) is 0. The fraction of sp³-hybridized carbons (Fsp3) is 0.500. The first-order valence-corrected chi connectivity index (χ1v) is 15.0. The Balaban J connectivity index is 1.38. The van der Waals surface area contributed by atoms with Crippen LogP contribution in [0.5, 0.6) is 0 Å². The monoisotopic (exact) mass is 590 g/mol. The van der Waals surface area contributed by atoms with Crippen LogP contribution in [0.25, 0.3) is 10.8 Å². The van der Waals surface area contributed by atoms with Gasteiger partial charge < -0.3 is 26.0 Å². The van der Waals surface area contributed by atoms with Crippen molar-refractivity contribution >= 4 is 46.0 Å². The van der Waals surface area contributed by atoms with Gasteiger partial charge in [-0.3, -0.25) is 28.8 Å². The molecule has 1 aliphatic carbocycles. The van der Waals surface area contributed by atoms with E-state index in [0.717, 1.165) is 42.9 Å². The first-order chi connectivity index (χ1) is 20.7. The van der Waals surface area contributed by atoms with Crippen LogP contribution in [0.3, 0.4) is 0 Å². The minimum absolute atomic E-state index is 0.0429. The van der Waals surface area contributed by atoms with Gasteiger partial charge in [0.15, 0.2) is 5.78 Å². The molecule has 2 unspecified atom stereocenters. The van der Waals surface area contributed by atoms with Crippen LogP contribution in [0.1, 0.15) is 68.1 Å². The second-order valence-corrected chi connectivity index (χ2v) is 11.9. The Hall–Kier alpha value is -4.12. The predicted octanol–water partition coefficient (Wildman–Crippen LogP) is 1.80. The molecular formula is C32H38N4O7. The van der Waals surface area contributed by atoms with Gasteiger partial charge in [-0.1, -0.05) is 62.4 Å². The lowest BCUT2D eigenvalue weighted by Crippen LogP contribution is -2.64. The van der Waals surface area contributed by atoms with Crippen molar-refractivity contribution in [3.8, 4) is 0 Å². The number of nitrogens with two attached hydrogens (primary N) is 1. The minimum Gasteiger partial charge on any atom is -0.381 e. The number of primary amides is 1. The molecule has 2 aromatic rings. The van der Waals surface area contributed by atoms with Gasteiger partial charge in [0.05, 0.1) is 6.54 Å². The maximum atomic E-state index is 14.1. The zero-order chi connectivity index (χ0) is 30.6. The molecule has 11 heteroatoms. The average molecular weight is 591 g/mol. The summed E-state index contributed by atoms with van der Waals surface area (Å²) in [5.74, 6) is -3.87. The molecule has 3 fully saturated rings. The lowest BCUT2D eigenvalue weighted by atomic mass is 9.84. The zero-order valence-electron chi connectivity index (χ0n) is 24.1. The number of nitrogens with one attached hydrogen (secondary N) is 2. The largest absolute Gasteiger partial charge is 0.381 e. The number of carbonyl (C=O) groups excluding carboxylic acids is 6. The summed E-state index contributed by atoms with van der Waals surface area (Å²) in [6, 6.07) is 10.8. The third-order valence-corrected chi connectivity index (χ3v) is 9.01. The number of benzene rings is 2. The number of likely N-dealkylation sites (tertiary alicyclic amines) is 1.